The van der Waals surface area contributed by atoms with Gasteiger partial charge >= 0.3 is 0 Å². The van der Waals surface area contributed by atoms with Crippen LogP contribution in [-0.2, 0) is 25.8 Å². The van der Waals surface area contributed by atoms with Crippen LogP contribution in [0.5, 0.6) is 0 Å². The van der Waals surface area contributed by atoms with Crippen molar-refractivity contribution >= 4 is 21.9 Å². The maximum absolute atomic E-state index is 13.2. The summed E-state index contributed by atoms with van der Waals surface area (Å²) >= 11 is 0. The van der Waals surface area contributed by atoms with Crippen LogP contribution in [0.15, 0.2) is 41.2 Å². The van der Waals surface area contributed by atoms with Crippen molar-refractivity contribution in [3.8, 4) is 11.3 Å². The number of hydrogen-bond donors (Lipinski definition) is 2. The highest BCUT2D eigenvalue weighted by molar-refractivity contribution is 5.98. The van der Waals surface area contributed by atoms with Gasteiger partial charge in [0.15, 0.2) is 0 Å². The maximum Gasteiger partial charge on any atom is 0.275 e. The van der Waals surface area contributed by atoms with Gasteiger partial charge < -0.3 is 15.3 Å². The van der Waals surface area contributed by atoms with Crippen molar-refractivity contribution in [3.63, 3.8) is 0 Å². The summed E-state index contributed by atoms with van der Waals surface area (Å²) < 4.78 is 2.32. The number of H-pyrrole nitrogens is 1. The summed E-state index contributed by atoms with van der Waals surface area (Å²) in [6.45, 7) is 3.63. The molecule has 0 fully saturated rings. The first-order valence-corrected chi connectivity index (χ1v) is 11.1. The van der Waals surface area contributed by atoms with Gasteiger partial charge in [-0.25, -0.2) is 4.98 Å². The van der Waals surface area contributed by atoms with Gasteiger partial charge in [0.25, 0.3) is 5.56 Å². The summed E-state index contributed by atoms with van der Waals surface area (Å²) in [6, 6.07) is 12.6. The Hall–Kier alpha value is -2.92. The topological polar surface area (TPSA) is 76.7 Å². The number of aromatic nitrogens is 3. The third kappa shape index (κ3) is 3.05. The van der Waals surface area contributed by atoms with Gasteiger partial charge in [-0.2, -0.15) is 0 Å². The van der Waals surface area contributed by atoms with Crippen LogP contribution in [0.1, 0.15) is 43.0 Å². The van der Waals surface area contributed by atoms with Crippen molar-refractivity contribution in [2.45, 2.75) is 52.0 Å². The second kappa shape index (κ2) is 7.73. The molecule has 0 unspecified atom stereocenters. The second-order valence-corrected chi connectivity index (χ2v) is 8.25. The molecule has 30 heavy (non-hydrogen) atoms. The largest absolute Gasteiger partial charge is 0.344 e. The number of benzene rings is 2. The van der Waals surface area contributed by atoms with Crippen molar-refractivity contribution in [2.24, 2.45) is 5.73 Å². The van der Waals surface area contributed by atoms with Gasteiger partial charge in [-0.05, 0) is 74.4 Å². The molecule has 154 valence electrons. The van der Waals surface area contributed by atoms with E-state index in [2.05, 4.69) is 46.8 Å². The molecule has 1 aliphatic rings. The molecule has 0 radical (unpaired) electrons. The van der Waals surface area contributed by atoms with Crippen LogP contribution < -0.4 is 11.3 Å². The molecule has 2 heterocycles. The molecule has 5 heteroatoms. The molecule has 5 nitrogen and oxygen atoms in total. The maximum atomic E-state index is 13.2. The van der Waals surface area contributed by atoms with Gasteiger partial charge in [0.05, 0.1) is 11.0 Å². The summed E-state index contributed by atoms with van der Waals surface area (Å²) in [7, 11) is 0. The highest BCUT2D eigenvalue weighted by Crippen LogP contribution is 2.34. The van der Waals surface area contributed by atoms with Crippen molar-refractivity contribution in [1.82, 2.24) is 14.5 Å². The highest BCUT2D eigenvalue weighted by Gasteiger charge is 2.21. The number of nitrogens with two attached hydrogens (primary N) is 1. The van der Waals surface area contributed by atoms with E-state index in [0.29, 0.717) is 12.2 Å². The van der Waals surface area contributed by atoms with Gasteiger partial charge in [0, 0.05) is 28.7 Å². The minimum atomic E-state index is -0.116. The van der Waals surface area contributed by atoms with Crippen molar-refractivity contribution < 1.29 is 0 Å². The van der Waals surface area contributed by atoms with Crippen LogP contribution >= 0.6 is 0 Å². The average molecular weight is 401 g/mol. The number of hydrogen-bond acceptors (Lipinski definition) is 3. The van der Waals surface area contributed by atoms with E-state index in [4.69, 9.17) is 10.7 Å². The van der Waals surface area contributed by atoms with Crippen LogP contribution in [-0.4, -0.2) is 21.1 Å². The summed E-state index contributed by atoms with van der Waals surface area (Å²) in [4.78, 5) is 21.2. The van der Waals surface area contributed by atoms with Crippen LogP contribution in [0.4, 0.5) is 0 Å². The molecule has 2 aromatic heterocycles. The SMILES string of the molecule is CCc1c(-c2nc3cc4c(cc3[nH]c2=O)CCCC4)c2ccccc2n1CCCN. The molecule has 2 aromatic carbocycles. The molecule has 0 spiro atoms. The molecule has 0 saturated carbocycles. The Morgan fingerprint density at radius 1 is 1.13 bits per heavy atom. The van der Waals surface area contributed by atoms with Crippen LogP contribution in [0.3, 0.4) is 0 Å². The van der Waals surface area contributed by atoms with Gasteiger partial charge in [-0.1, -0.05) is 25.1 Å². The molecule has 0 saturated heterocycles. The molecule has 1 aliphatic carbocycles. The number of para-hydroxylation sites is 1. The Balaban J connectivity index is 1.77. The van der Waals surface area contributed by atoms with E-state index >= 15 is 0 Å². The lowest BCUT2D eigenvalue weighted by molar-refractivity contribution is 0.646. The molecule has 0 aliphatic heterocycles. The van der Waals surface area contributed by atoms with E-state index in [0.717, 1.165) is 65.4 Å². The average Bonchev–Trinajstić information content (AvgIpc) is 3.09. The molecule has 0 bridgehead atoms. The smallest absolute Gasteiger partial charge is 0.275 e. The Morgan fingerprint density at radius 2 is 1.90 bits per heavy atom. The van der Waals surface area contributed by atoms with Crippen molar-refractivity contribution in [1.29, 1.82) is 0 Å². The fraction of sp³-hybridized carbons (Fsp3) is 0.360. The zero-order valence-corrected chi connectivity index (χ0v) is 17.5. The zero-order valence-electron chi connectivity index (χ0n) is 17.5. The minimum absolute atomic E-state index is 0.116. The second-order valence-electron chi connectivity index (χ2n) is 8.25. The first kappa shape index (κ1) is 19.1. The third-order valence-corrected chi connectivity index (χ3v) is 6.39. The first-order valence-electron chi connectivity index (χ1n) is 11.1. The first-order chi connectivity index (χ1) is 14.7. The van der Waals surface area contributed by atoms with E-state index in [1.54, 1.807) is 0 Å². The van der Waals surface area contributed by atoms with Gasteiger partial charge in [-0.15, -0.1) is 0 Å². The van der Waals surface area contributed by atoms with Crippen LogP contribution in [0.2, 0.25) is 0 Å². The Kier molecular flexibility index (Phi) is 4.91. The normalized spacial score (nSPS) is 13.8. The molecule has 5 rings (SSSR count). The summed E-state index contributed by atoms with van der Waals surface area (Å²) in [5.74, 6) is 0. The highest BCUT2D eigenvalue weighted by atomic mass is 16.1. The molecule has 0 amide bonds. The van der Waals surface area contributed by atoms with E-state index < -0.39 is 0 Å². The van der Waals surface area contributed by atoms with Gasteiger partial charge in [0.2, 0.25) is 0 Å². The molecular formula is C25H28N4O. The van der Waals surface area contributed by atoms with Crippen LogP contribution in [0, 0.1) is 0 Å². The molecule has 0 atom stereocenters. The molecule has 3 N–H and O–H groups in total. The number of fused-ring (bicyclic) bond motifs is 3. The van der Waals surface area contributed by atoms with Crippen molar-refractivity contribution in [3.05, 3.63) is 63.6 Å². The third-order valence-electron chi connectivity index (χ3n) is 6.39. The lowest BCUT2D eigenvalue weighted by atomic mass is 9.91. The number of nitrogens with zero attached hydrogens (tertiary/aromatic N) is 2. The summed E-state index contributed by atoms with van der Waals surface area (Å²) in [6.07, 6.45) is 6.36. The number of aryl methyl sites for hydroxylation is 3. The van der Waals surface area contributed by atoms with Crippen LogP contribution in [0.25, 0.3) is 33.2 Å². The molecule has 4 aromatic rings. The van der Waals surface area contributed by atoms with E-state index in [9.17, 15) is 4.79 Å². The quantitative estimate of drug-likeness (QED) is 0.523. The predicted molar refractivity (Wildman–Crippen MR) is 123 cm³/mol. The lowest BCUT2D eigenvalue weighted by Crippen LogP contribution is -2.14. The van der Waals surface area contributed by atoms with E-state index in [-0.39, 0.29) is 5.56 Å². The lowest BCUT2D eigenvalue weighted by Gasteiger charge is -2.16. The number of nitrogens with one attached hydrogen (secondary N) is 1. The number of rotatable bonds is 5. The monoisotopic (exact) mass is 400 g/mol. The standard InChI is InChI=1S/C25H28N4O/c1-2-21-23(18-10-5-6-11-22(18)29(21)13-7-12-26)24-25(30)28-20-15-17-9-4-3-8-16(17)14-19(20)27-24/h5-6,10-11,14-15H,2-4,7-9,12-13,26H2,1H3,(H,28,30). The Morgan fingerprint density at radius 3 is 2.67 bits per heavy atom. The summed E-state index contributed by atoms with van der Waals surface area (Å²) in [5, 5.41) is 1.08. The Bertz CT molecular complexity index is 1300. The van der Waals surface area contributed by atoms with Gasteiger partial charge in [-0.3, -0.25) is 4.79 Å². The number of aromatic amines is 1. The van der Waals surface area contributed by atoms with E-state index in [1.165, 1.54) is 24.0 Å². The minimum Gasteiger partial charge on any atom is -0.344 e. The van der Waals surface area contributed by atoms with Crippen molar-refractivity contribution in [2.75, 3.05) is 6.54 Å². The van der Waals surface area contributed by atoms with Gasteiger partial charge in [0.1, 0.15) is 5.69 Å². The summed E-state index contributed by atoms with van der Waals surface area (Å²) in [5.41, 5.74) is 13.9. The fourth-order valence-electron chi connectivity index (χ4n) is 4.98. The zero-order chi connectivity index (χ0) is 20.7. The fourth-order valence-corrected chi connectivity index (χ4v) is 4.98. The molecular weight excluding hydrogens is 372 g/mol. The predicted octanol–water partition coefficient (Wildman–Crippen LogP) is 4.33. The Labute approximate surface area is 175 Å². The van der Waals surface area contributed by atoms with E-state index in [1.807, 2.05) is 6.07 Å².